The van der Waals surface area contributed by atoms with Crippen molar-refractivity contribution < 1.29 is 13.2 Å². The number of likely N-dealkylation sites (N-methyl/N-ethyl adjacent to an activating group) is 1. The van der Waals surface area contributed by atoms with Crippen molar-refractivity contribution in [2.75, 3.05) is 39.8 Å². The van der Waals surface area contributed by atoms with Gasteiger partial charge in [-0.05, 0) is 38.6 Å². The van der Waals surface area contributed by atoms with E-state index in [-0.39, 0.29) is 21.8 Å². The van der Waals surface area contributed by atoms with Gasteiger partial charge in [0.2, 0.25) is 10.0 Å². The SMILES string of the molecule is CCCc1c2nc(-c3cc(S(=O)(=O)N4CCN(C)CC4)ccc3OCC)[nH]c(=O)c2nn1C. The summed E-state index contributed by atoms with van der Waals surface area (Å²) in [6, 6.07) is 4.71. The third-order valence-corrected chi connectivity index (χ3v) is 7.80. The topological polar surface area (TPSA) is 113 Å². The Morgan fingerprint density at radius 1 is 1.09 bits per heavy atom. The Morgan fingerprint density at radius 3 is 2.48 bits per heavy atom. The number of hydrogen-bond donors (Lipinski definition) is 1. The third kappa shape index (κ3) is 4.40. The fourth-order valence-electron chi connectivity index (χ4n) is 4.08. The fourth-order valence-corrected chi connectivity index (χ4v) is 5.53. The van der Waals surface area contributed by atoms with Gasteiger partial charge in [-0.15, -0.1) is 0 Å². The van der Waals surface area contributed by atoms with Crippen molar-refractivity contribution in [3.8, 4) is 17.1 Å². The first-order valence-electron chi connectivity index (χ1n) is 11.2. The monoisotopic (exact) mass is 474 g/mol. The van der Waals surface area contributed by atoms with Crippen molar-refractivity contribution in [3.05, 3.63) is 34.2 Å². The highest BCUT2D eigenvalue weighted by Crippen LogP contribution is 2.32. The molecule has 2 aromatic heterocycles. The second-order valence-corrected chi connectivity index (χ2v) is 10.2. The molecule has 0 bridgehead atoms. The number of nitrogens with zero attached hydrogens (tertiary/aromatic N) is 5. The molecule has 178 valence electrons. The van der Waals surface area contributed by atoms with E-state index in [9.17, 15) is 13.2 Å². The zero-order valence-electron chi connectivity index (χ0n) is 19.5. The predicted molar refractivity (Wildman–Crippen MR) is 126 cm³/mol. The summed E-state index contributed by atoms with van der Waals surface area (Å²) in [5, 5.41) is 4.32. The molecular weight excluding hydrogens is 444 g/mol. The van der Waals surface area contributed by atoms with Gasteiger partial charge in [0, 0.05) is 33.2 Å². The number of aromatic amines is 1. The van der Waals surface area contributed by atoms with Crippen LogP contribution < -0.4 is 10.3 Å². The standard InChI is InChI=1S/C22H30N6O4S/c1-5-7-17-19-20(25-27(17)4)22(29)24-21(23-19)16-14-15(8-9-18(16)32-6-2)33(30,31)28-12-10-26(3)11-13-28/h8-9,14H,5-7,10-13H2,1-4H3,(H,23,24,29). The zero-order chi connectivity index (χ0) is 23.8. The smallest absolute Gasteiger partial charge is 0.279 e. The van der Waals surface area contributed by atoms with E-state index >= 15 is 0 Å². The number of rotatable bonds is 7. The fraction of sp³-hybridized carbons (Fsp3) is 0.500. The maximum Gasteiger partial charge on any atom is 0.279 e. The summed E-state index contributed by atoms with van der Waals surface area (Å²) in [7, 11) is 0.0688. The first-order valence-corrected chi connectivity index (χ1v) is 12.6. The van der Waals surface area contributed by atoms with E-state index in [1.54, 1.807) is 29.9 Å². The number of aryl methyl sites for hydroxylation is 2. The molecule has 1 N–H and O–H groups in total. The summed E-state index contributed by atoms with van der Waals surface area (Å²) in [6.45, 7) is 6.49. The minimum Gasteiger partial charge on any atom is -0.493 e. The Hall–Kier alpha value is -2.76. The molecule has 1 aliphatic heterocycles. The molecule has 1 aliphatic rings. The van der Waals surface area contributed by atoms with Crippen molar-refractivity contribution in [1.82, 2.24) is 29.0 Å². The largest absolute Gasteiger partial charge is 0.493 e. The molecule has 1 fully saturated rings. The van der Waals surface area contributed by atoms with Gasteiger partial charge in [0.05, 0.1) is 22.8 Å². The number of ether oxygens (including phenoxy) is 1. The number of benzene rings is 1. The molecule has 3 heterocycles. The quantitative estimate of drug-likeness (QED) is 0.553. The molecule has 0 amide bonds. The number of nitrogens with one attached hydrogen (secondary N) is 1. The lowest BCUT2D eigenvalue weighted by molar-refractivity contribution is 0.222. The molecule has 33 heavy (non-hydrogen) atoms. The lowest BCUT2D eigenvalue weighted by Crippen LogP contribution is -2.47. The second-order valence-electron chi connectivity index (χ2n) is 8.23. The maximum atomic E-state index is 13.3. The molecule has 0 radical (unpaired) electrons. The van der Waals surface area contributed by atoms with Crippen molar-refractivity contribution in [2.24, 2.45) is 7.05 Å². The molecular formula is C22H30N6O4S. The van der Waals surface area contributed by atoms with Crippen LogP contribution in [-0.2, 0) is 23.5 Å². The van der Waals surface area contributed by atoms with E-state index in [0.29, 0.717) is 49.6 Å². The first-order chi connectivity index (χ1) is 15.8. The molecule has 11 heteroatoms. The molecule has 10 nitrogen and oxygen atoms in total. The minimum atomic E-state index is -3.70. The van der Waals surface area contributed by atoms with Crippen molar-refractivity contribution in [3.63, 3.8) is 0 Å². The van der Waals surface area contributed by atoms with Gasteiger partial charge < -0.3 is 14.6 Å². The summed E-state index contributed by atoms with van der Waals surface area (Å²) < 4.78 is 35.6. The Balaban J connectivity index is 1.85. The zero-order valence-corrected chi connectivity index (χ0v) is 20.3. The molecule has 3 aromatic rings. The highest BCUT2D eigenvalue weighted by atomic mass is 32.2. The van der Waals surface area contributed by atoms with Gasteiger partial charge in [0.1, 0.15) is 17.1 Å². The molecule has 1 aromatic carbocycles. The van der Waals surface area contributed by atoms with Crippen LogP contribution >= 0.6 is 0 Å². The molecule has 1 saturated heterocycles. The average Bonchev–Trinajstić information content (AvgIpc) is 3.10. The summed E-state index contributed by atoms with van der Waals surface area (Å²) in [4.78, 5) is 22.5. The van der Waals surface area contributed by atoms with Gasteiger partial charge in [-0.25, -0.2) is 13.4 Å². The Kier molecular flexibility index (Phi) is 6.55. The second kappa shape index (κ2) is 9.24. The lowest BCUT2D eigenvalue weighted by atomic mass is 10.1. The lowest BCUT2D eigenvalue weighted by Gasteiger charge is -2.31. The van der Waals surface area contributed by atoms with Gasteiger partial charge in [0.25, 0.3) is 5.56 Å². The van der Waals surface area contributed by atoms with E-state index in [4.69, 9.17) is 9.72 Å². The van der Waals surface area contributed by atoms with Crippen LogP contribution in [0, 0.1) is 0 Å². The highest BCUT2D eigenvalue weighted by molar-refractivity contribution is 7.89. The van der Waals surface area contributed by atoms with Crippen LogP contribution in [-0.4, -0.2) is 77.2 Å². The average molecular weight is 475 g/mol. The molecule has 4 rings (SSSR count). The first kappa shape index (κ1) is 23.4. The van der Waals surface area contributed by atoms with Gasteiger partial charge in [-0.2, -0.15) is 9.40 Å². The van der Waals surface area contributed by atoms with E-state index < -0.39 is 10.0 Å². The van der Waals surface area contributed by atoms with Gasteiger partial charge >= 0.3 is 0 Å². The van der Waals surface area contributed by atoms with Crippen molar-refractivity contribution >= 4 is 21.1 Å². The predicted octanol–water partition coefficient (Wildman–Crippen LogP) is 1.61. The van der Waals surface area contributed by atoms with Crippen LogP contribution in [0.25, 0.3) is 22.4 Å². The number of sulfonamides is 1. The van der Waals surface area contributed by atoms with Crippen LogP contribution in [0.3, 0.4) is 0 Å². The minimum absolute atomic E-state index is 0.147. The molecule has 0 atom stereocenters. The van der Waals surface area contributed by atoms with Crippen LogP contribution in [0.2, 0.25) is 0 Å². The van der Waals surface area contributed by atoms with Gasteiger partial charge in [-0.3, -0.25) is 9.48 Å². The maximum absolute atomic E-state index is 13.3. The van der Waals surface area contributed by atoms with Crippen LogP contribution in [0.1, 0.15) is 26.0 Å². The van der Waals surface area contributed by atoms with Crippen LogP contribution in [0.4, 0.5) is 0 Å². The summed E-state index contributed by atoms with van der Waals surface area (Å²) >= 11 is 0. The summed E-state index contributed by atoms with van der Waals surface area (Å²) in [5.41, 5.74) is 1.70. The molecule has 0 aliphatic carbocycles. The highest BCUT2D eigenvalue weighted by Gasteiger charge is 2.29. The van der Waals surface area contributed by atoms with E-state index in [1.165, 1.54) is 4.31 Å². The van der Waals surface area contributed by atoms with Crippen LogP contribution in [0.15, 0.2) is 27.9 Å². The summed E-state index contributed by atoms with van der Waals surface area (Å²) in [6.07, 6.45) is 1.60. The van der Waals surface area contributed by atoms with Crippen LogP contribution in [0.5, 0.6) is 5.75 Å². The summed E-state index contributed by atoms with van der Waals surface area (Å²) in [5.74, 6) is 0.718. The molecule has 0 spiro atoms. The normalized spacial score (nSPS) is 15.9. The third-order valence-electron chi connectivity index (χ3n) is 5.90. The number of piperazine rings is 1. The van der Waals surface area contributed by atoms with E-state index in [2.05, 4.69) is 15.0 Å². The van der Waals surface area contributed by atoms with Crippen molar-refractivity contribution in [1.29, 1.82) is 0 Å². The number of fused-ring (bicyclic) bond motifs is 1. The number of H-pyrrole nitrogens is 1. The Morgan fingerprint density at radius 2 is 1.82 bits per heavy atom. The van der Waals surface area contributed by atoms with Gasteiger partial charge in [0.15, 0.2) is 5.52 Å². The van der Waals surface area contributed by atoms with E-state index in [0.717, 1.165) is 18.5 Å². The van der Waals surface area contributed by atoms with E-state index in [1.807, 2.05) is 20.9 Å². The van der Waals surface area contributed by atoms with Gasteiger partial charge in [-0.1, -0.05) is 13.3 Å². The molecule has 0 saturated carbocycles. The van der Waals surface area contributed by atoms with Crippen molar-refractivity contribution in [2.45, 2.75) is 31.6 Å². The Bertz CT molecular complexity index is 1320. The number of hydrogen-bond acceptors (Lipinski definition) is 7. The molecule has 0 unspecified atom stereocenters. The Labute approximate surface area is 193 Å². The number of aromatic nitrogens is 4.